The SMILES string of the molecule is C=CC(=O)OC(=O)C(=C)c1c(F)c(F)c(F)c(F)c1F. The Labute approximate surface area is 109 Å². The van der Waals surface area contributed by atoms with Gasteiger partial charge in [0.25, 0.3) is 0 Å². The summed E-state index contributed by atoms with van der Waals surface area (Å²) in [5.74, 6) is -14.3. The smallest absolute Gasteiger partial charge is 0.346 e. The summed E-state index contributed by atoms with van der Waals surface area (Å²) in [6.45, 7) is 5.80. The summed E-state index contributed by atoms with van der Waals surface area (Å²) in [5.41, 5.74) is -2.77. The summed E-state index contributed by atoms with van der Waals surface area (Å²) in [4.78, 5) is 22.0. The zero-order valence-corrected chi connectivity index (χ0v) is 9.61. The van der Waals surface area contributed by atoms with Crippen LogP contribution >= 0.6 is 0 Å². The fourth-order valence-corrected chi connectivity index (χ4v) is 1.17. The number of carbonyl (C=O) groups is 2. The van der Waals surface area contributed by atoms with Crippen LogP contribution < -0.4 is 0 Å². The third-order valence-corrected chi connectivity index (χ3v) is 2.12. The Morgan fingerprint density at radius 3 is 1.70 bits per heavy atom. The van der Waals surface area contributed by atoms with Crippen LogP contribution in [0.4, 0.5) is 22.0 Å². The second kappa shape index (κ2) is 5.64. The number of ether oxygens (including phenoxy) is 1. The molecule has 0 radical (unpaired) electrons. The van der Waals surface area contributed by atoms with Crippen molar-refractivity contribution in [3.05, 3.63) is 53.9 Å². The van der Waals surface area contributed by atoms with Gasteiger partial charge in [0.15, 0.2) is 23.3 Å². The second-order valence-corrected chi connectivity index (χ2v) is 3.34. The first-order chi connectivity index (χ1) is 9.22. The molecule has 0 saturated carbocycles. The van der Waals surface area contributed by atoms with Crippen molar-refractivity contribution in [3.8, 4) is 0 Å². The highest BCUT2D eigenvalue weighted by Crippen LogP contribution is 2.28. The maximum Gasteiger partial charge on any atom is 0.346 e. The van der Waals surface area contributed by atoms with Crippen LogP contribution in [0.1, 0.15) is 5.56 Å². The van der Waals surface area contributed by atoms with Gasteiger partial charge < -0.3 is 4.74 Å². The van der Waals surface area contributed by atoms with Crippen molar-refractivity contribution in [1.29, 1.82) is 0 Å². The lowest BCUT2D eigenvalue weighted by molar-refractivity contribution is -0.151. The third-order valence-electron chi connectivity index (χ3n) is 2.12. The molecule has 0 aliphatic rings. The van der Waals surface area contributed by atoms with Crippen LogP contribution in [0.2, 0.25) is 0 Å². The zero-order chi connectivity index (χ0) is 15.6. The molecule has 106 valence electrons. The van der Waals surface area contributed by atoms with Crippen molar-refractivity contribution in [1.82, 2.24) is 0 Å². The fourth-order valence-electron chi connectivity index (χ4n) is 1.17. The summed E-state index contributed by atoms with van der Waals surface area (Å²) in [6.07, 6.45) is 0.559. The molecule has 0 aliphatic carbocycles. The lowest BCUT2D eigenvalue weighted by atomic mass is 10.1. The fraction of sp³-hybridized carbons (Fsp3) is 0. The maximum atomic E-state index is 13.3. The Morgan fingerprint density at radius 2 is 1.30 bits per heavy atom. The third kappa shape index (κ3) is 2.58. The van der Waals surface area contributed by atoms with E-state index in [1.165, 1.54) is 0 Å². The van der Waals surface area contributed by atoms with E-state index in [0.717, 1.165) is 0 Å². The highest BCUT2D eigenvalue weighted by molar-refractivity contribution is 6.19. The van der Waals surface area contributed by atoms with E-state index in [1.807, 2.05) is 0 Å². The average molecular weight is 292 g/mol. The van der Waals surface area contributed by atoms with E-state index < -0.39 is 52.2 Å². The Balaban J connectivity index is 3.34. The number of carbonyl (C=O) groups excluding carboxylic acids is 2. The van der Waals surface area contributed by atoms with Crippen LogP contribution in [-0.2, 0) is 14.3 Å². The van der Waals surface area contributed by atoms with Crippen LogP contribution in [0.25, 0.3) is 5.57 Å². The molecule has 8 heteroatoms. The number of hydrogen-bond donors (Lipinski definition) is 0. The monoisotopic (exact) mass is 292 g/mol. The molecule has 0 fully saturated rings. The Hall–Kier alpha value is -2.51. The van der Waals surface area contributed by atoms with Gasteiger partial charge in [0, 0.05) is 6.08 Å². The Kier molecular flexibility index (Phi) is 4.38. The number of rotatable bonds is 3. The summed E-state index contributed by atoms with van der Waals surface area (Å²) < 4.78 is 69.3. The van der Waals surface area contributed by atoms with Crippen molar-refractivity contribution in [3.63, 3.8) is 0 Å². The molecule has 0 amide bonds. The van der Waals surface area contributed by atoms with Gasteiger partial charge in [-0.05, 0) is 0 Å². The minimum Gasteiger partial charge on any atom is -0.386 e. The molecule has 1 rings (SSSR count). The molecule has 0 spiro atoms. The standard InChI is InChI=1S/C12H5F5O3/c1-3-5(18)20-12(19)4(2)6-7(13)9(15)11(17)10(16)8(6)14/h3H,1-2H2. The number of hydrogen-bond acceptors (Lipinski definition) is 3. The maximum absolute atomic E-state index is 13.3. The van der Waals surface area contributed by atoms with Crippen LogP contribution in [0, 0.1) is 29.1 Å². The Bertz CT molecular complexity index is 607. The largest absolute Gasteiger partial charge is 0.386 e. The molecule has 0 saturated heterocycles. The van der Waals surface area contributed by atoms with Gasteiger partial charge in [-0.2, -0.15) is 0 Å². The van der Waals surface area contributed by atoms with E-state index in [9.17, 15) is 31.5 Å². The zero-order valence-electron chi connectivity index (χ0n) is 9.61. The minimum atomic E-state index is -2.38. The molecule has 3 nitrogen and oxygen atoms in total. The summed E-state index contributed by atoms with van der Waals surface area (Å²) in [7, 11) is 0. The summed E-state index contributed by atoms with van der Waals surface area (Å²) >= 11 is 0. The molecule has 20 heavy (non-hydrogen) atoms. The van der Waals surface area contributed by atoms with Gasteiger partial charge >= 0.3 is 11.9 Å². The summed E-state index contributed by atoms with van der Waals surface area (Å²) in [6, 6.07) is 0. The van der Waals surface area contributed by atoms with Crippen LogP contribution in [0.15, 0.2) is 19.2 Å². The number of benzene rings is 1. The van der Waals surface area contributed by atoms with Crippen molar-refractivity contribution in [2.45, 2.75) is 0 Å². The Morgan fingerprint density at radius 1 is 0.900 bits per heavy atom. The first-order valence-corrected chi connectivity index (χ1v) is 4.81. The van der Waals surface area contributed by atoms with Gasteiger partial charge in [0.05, 0.1) is 11.1 Å². The normalized spacial score (nSPS) is 10.1. The predicted octanol–water partition coefficient (Wildman–Crippen LogP) is 2.65. The van der Waals surface area contributed by atoms with Crippen LogP contribution in [0.3, 0.4) is 0 Å². The van der Waals surface area contributed by atoms with E-state index in [-0.39, 0.29) is 0 Å². The second-order valence-electron chi connectivity index (χ2n) is 3.34. The van der Waals surface area contributed by atoms with E-state index in [1.54, 1.807) is 0 Å². The van der Waals surface area contributed by atoms with Gasteiger partial charge in [-0.1, -0.05) is 13.2 Å². The van der Waals surface area contributed by atoms with Crippen LogP contribution in [0.5, 0.6) is 0 Å². The minimum absolute atomic E-state index is 0.559. The highest BCUT2D eigenvalue weighted by atomic mass is 19.2. The lowest BCUT2D eigenvalue weighted by Crippen LogP contribution is -2.15. The molecule has 0 heterocycles. The van der Waals surface area contributed by atoms with E-state index in [4.69, 9.17) is 0 Å². The number of halogens is 5. The number of esters is 2. The first-order valence-electron chi connectivity index (χ1n) is 4.81. The quantitative estimate of drug-likeness (QED) is 0.215. The molecule has 0 bridgehead atoms. The van der Waals surface area contributed by atoms with Gasteiger partial charge in [-0.3, -0.25) is 0 Å². The molecular weight excluding hydrogens is 287 g/mol. The summed E-state index contributed by atoms with van der Waals surface area (Å²) in [5, 5.41) is 0. The molecule has 0 unspecified atom stereocenters. The van der Waals surface area contributed by atoms with Crippen molar-refractivity contribution < 1.29 is 36.3 Å². The van der Waals surface area contributed by atoms with Crippen LogP contribution in [-0.4, -0.2) is 11.9 Å². The molecule has 0 aliphatic heterocycles. The van der Waals surface area contributed by atoms with Gasteiger partial charge in [0.2, 0.25) is 5.82 Å². The van der Waals surface area contributed by atoms with Crippen molar-refractivity contribution in [2.75, 3.05) is 0 Å². The van der Waals surface area contributed by atoms with Gasteiger partial charge in [0.1, 0.15) is 0 Å². The van der Waals surface area contributed by atoms with E-state index >= 15 is 0 Å². The topological polar surface area (TPSA) is 43.4 Å². The lowest BCUT2D eigenvalue weighted by Gasteiger charge is -2.09. The first kappa shape index (κ1) is 15.5. The average Bonchev–Trinajstić information content (AvgIpc) is 2.42. The predicted molar refractivity (Wildman–Crippen MR) is 56.6 cm³/mol. The van der Waals surface area contributed by atoms with Gasteiger partial charge in [-0.15, -0.1) is 0 Å². The van der Waals surface area contributed by atoms with E-state index in [0.29, 0.717) is 6.08 Å². The molecule has 0 N–H and O–H groups in total. The van der Waals surface area contributed by atoms with E-state index in [2.05, 4.69) is 17.9 Å². The van der Waals surface area contributed by atoms with Crippen molar-refractivity contribution >= 4 is 17.5 Å². The van der Waals surface area contributed by atoms with Crippen molar-refractivity contribution in [2.24, 2.45) is 0 Å². The molecule has 0 atom stereocenters. The highest BCUT2D eigenvalue weighted by Gasteiger charge is 2.30. The molecular formula is C12H5F5O3. The van der Waals surface area contributed by atoms with Gasteiger partial charge in [-0.25, -0.2) is 31.5 Å². The molecule has 0 aromatic heterocycles. The molecule has 1 aromatic rings. The molecule has 1 aromatic carbocycles.